The zero-order valence-electron chi connectivity index (χ0n) is 11.7. The van der Waals surface area contributed by atoms with Crippen LogP contribution < -0.4 is 0 Å². The van der Waals surface area contributed by atoms with Crippen LogP contribution in [0.3, 0.4) is 0 Å². The first-order chi connectivity index (χ1) is 7.69. The Hall–Kier alpha value is -0.960. The standard InChI is InChI=1S/C14H22N2O/c1-13(2,3)11-9-7-17-8-10(9)15-12(16-11)14(4,5)6/h7-8H2,1-6H3. The van der Waals surface area contributed by atoms with E-state index < -0.39 is 0 Å². The first-order valence-electron chi connectivity index (χ1n) is 6.18. The molecule has 0 unspecified atom stereocenters. The Morgan fingerprint density at radius 1 is 0.882 bits per heavy atom. The molecule has 1 aliphatic rings. The highest BCUT2D eigenvalue weighted by Crippen LogP contribution is 2.32. The smallest absolute Gasteiger partial charge is 0.134 e. The molecule has 1 aromatic rings. The molecule has 0 spiro atoms. The lowest BCUT2D eigenvalue weighted by Gasteiger charge is -2.25. The number of fused-ring (bicyclic) bond motifs is 1. The molecule has 0 fully saturated rings. The van der Waals surface area contributed by atoms with E-state index in [0.717, 1.165) is 17.2 Å². The third-order valence-corrected chi connectivity index (χ3v) is 2.96. The molecule has 2 heterocycles. The summed E-state index contributed by atoms with van der Waals surface area (Å²) in [6.45, 7) is 14.3. The zero-order valence-corrected chi connectivity index (χ0v) is 11.7. The van der Waals surface area contributed by atoms with Gasteiger partial charge in [-0.2, -0.15) is 0 Å². The number of ether oxygens (including phenoxy) is 1. The molecule has 0 bridgehead atoms. The molecule has 0 saturated heterocycles. The van der Waals surface area contributed by atoms with Crippen LogP contribution in [0, 0.1) is 0 Å². The Morgan fingerprint density at radius 2 is 1.53 bits per heavy atom. The quantitative estimate of drug-likeness (QED) is 0.692. The topological polar surface area (TPSA) is 35.0 Å². The fourth-order valence-corrected chi connectivity index (χ4v) is 2.01. The Balaban J connectivity index is 2.62. The highest BCUT2D eigenvalue weighted by Gasteiger charge is 2.29. The maximum Gasteiger partial charge on any atom is 0.134 e. The molecule has 3 heteroatoms. The molecule has 2 rings (SSSR count). The Kier molecular flexibility index (Phi) is 2.77. The first kappa shape index (κ1) is 12.5. The Labute approximate surface area is 104 Å². The number of nitrogens with zero attached hydrogens (tertiary/aromatic N) is 2. The molecule has 1 aliphatic heterocycles. The van der Waals surface area contributed by atoms with E-state index in [1.165, 1.54) is 5.56 Å². The number of hydrogen-bond acceptors (Lipinski definition) is 3. The summed E-state index contributed by atoms with van der Waals surface area (Å²) < 4.78 is 5.52. The summed E-state index contributed by atoms with van der Waals surface area (Å²) in [6, 6.07) is 0. The van der Waals surface area contributed by atoms with Crippen molar-refractivity contribution in [2.45, 2.75) is 65.6 Å². The van der Waals surface area contributed by atoms with Crippen molar-refractivity contribution in [1.29, 1.82) is 0 Å². The summed E-state index contributed by atoms with van der Waals surface area (Å²) in [6.07, 6.45) is 0. The molecule has 0 atom stereocenters. The predicted octanol–water partition coefficient (Wildman–Crippen LogP) is 3.10. The summed E-state index contributed by atoms with van der Waals surface area (Å²) >= 11 is 0. The summed E-state index contributed by atoms with van der Waals surface area (Å²) in [7, 11) is 0. The second-order valence-corrected chi connectivity index (χ2v) is 6.81. The van der Waals surface area contributed by atoms with Crippen molar-refractivity contribution in [2.75, 3.05) is 0 Å². The van der Waals surface area contributed by atoms with Gasteiger partial charge >= 0.3 is 0 Å². The van der Waals surface area contributed by atoms with Crippen LogP contribution in [0.2, 0.25) is 0 Å². The number of hydrogen-bond donors (Lipinski definition) is 0. The van der Waals surface area contributed by atoms with E-state index in [2.05, 4.69) is 46.5 Å². The maximum absolute atomic E-state index is 5.52. The van der Waals surface area contributed by atoms with Crippen molar-refractivity contribution >= 4 is 0 Å². The molecule has 0 amide bonds. The molecule has 0 N–H and O–H groups in total. The van der Waals surface area contributed by atoms with E-state index in [9.17, 15) is 0 Å². The van der Waals surface area contributed by atoms with E-state index in [4.69, 9.17) is 9.72 Å². The second kappa shape index (κ2) is 3.77. The van der Waals surface area contributed by atoms with Crippen LogP contribution in [0.1, 0.15) is 64.3 Å². The molecule has 0 aromatic carbocycles. The van der Waals surface area contributed by atoms with Crippen LogP contribution in [0.15, 0.2) is 0 Å². The van der Waals surface area contributed by atoms with Gasteiger partial charge in [0.25, 0.3) is 0 Å². The van der Waals surface area contributed by atoms with Gasteiger partial charge in [0.1, 0.15) is 5.82 Å². The van der Waals surface area contributed by atoms with Gasteiger partial charge in [0.2, 0.25) is 0 Å². The predicted molar refractivity (Wildman–Crippen MR) is 67.9 cm³/mol. The third kappa shape index (κ3) is 2.34. The normalized spacial score (nSPS) is 16.1. The van der Waals surface area contributed by atoms with E-state index in [0.29, 0.717) is 13.2 Å². The van der Waals surface area contributed by atoms with Gasteiger partial charge in [-0.3, -0.25) is 0 Å². The van der Waals surface area contributed by atoms with Gasteiger partial charge in [0, 0.05) is 16.4 Å². The van der Waals surface area contributed by atoms with Crippen molar-refractivity contribution in [3.63, 3.8) is 0 Å². The average Bonchev–Trinajstić information content (AvgIpc) is 2.59. The van der Waals surface area contributed by atoms with Gasteiger partial charge < -0.3 is 4.74 Å². The average molecular weight is 234 g/mol. The lowest BCUT2D eigenvalue weighted by Crippen LogP contribution is -2.24. The third-order valence-electron chi connectivity index (χ3n) is 2.96. The van der Waals surface area contributed by atoms with E-state index in [1.807, 2.05) is 0 Å². The highest BCUT2D eigenvalue weighted by molar-refractivity contribution is 5.33. The molecular weight excluding hydrogens is 212 g/mol. The van der Waals surface area contributed by atoms with Crippen LogP contribution in [0.25, 0.3) is 0 Å². The lowest BCUT2D eigenvalue weighted by atomic mass is 9.87. The van der Waals surface area contributed by atoms with Gasteiger partial charge in [-0.1, -0.05) is 41.5 Å². The zero-order chi connectivity index (χ0) is 12.8. The fourth-order valence-electron chi connectivity index (χ4n) is 2.01. The van der Waals surface area contributed by atoms with Gasteiger partial charge in [0.05, 0.1) is 24.6 Å². The maximum atomic E-state index is 5.52. The van der Waals surface area contributed by atoms with Crippen molar-refractivity contribution in [3.8, 4) is 0 Å². The van der Waals surface area contributed by atoms with Crippen LogP contribution in [-0.4, -0.2) is 9.97 Å². The van der Waals surface area contributed by atoms with Gasteiger partial charge in [-0.25, -0.2) is 9.97 Å². The molecule has 3 nitrogen and oxygen atoms in total. The fraction of sp³-hybridized carbons (Fsp3) is 0.714. The van der Waals surface area contributed by atoms with Crippen molar-refractivity contribution in [2.24, 2.45) is 0 Å². The Bertz CT molecular complexity index is 439. The minimum atomic E-state index is -0.0163. The monoisotopic (exact) mass is 234 g/mol. The van der Waals surface area contributed by atoms with Crippen molar-refractivity contribution in [3.05, 3.63) is 22.8 Å². The van der Waals surface area contributed by atoms with E-state index in [1.54, 1.807) is 0 Å². The summed E-state index contributed by atoms with van der Waals surface area (Å²) in [5.74, 6) is 0.923. The van der Waals surface area contributed by atoms with Gasteiger partial charge in [-0.05, 0) is 0 Å². The highest BCUT2D eigenvalue weighted by atomic mass is 16.5. The molecule has 94 valence electrons. The summed E-state index contributed by atoms with van der Waals surface area (Å²) in [5, 5.41) is 0. The molecule has 0 radical (unpaired) electrons. The van der Waals surface area contributed by atoms with Crippen molar-refractivity contribution < 1.29 is 4.74 Å². The van der Waals surface area contributed by atoms with Crippen LogP contribution in [0.4, 0.5) is 0 Å². The summed E-state index contributed by atoms with van der Waals surface area (Å²) in [5.41, 5.74) is 3.45. The minimum absolute atomic E-state index is 0.0163. The van der Waals surface area contributed by atoms with Crippen LogP contribution in [-0.2, 0) is 28.8 Å². The van der Waals surface area contributed by atoms with E-state index >= 15 is 0 Å². The van der Waals surface area contributed by atoms with Gasteiger partial charge in [0.15, 0.2) is 0 Å². The molecule has 0 saturated carbocycles. The minimum Gasteiger partial charge on any atom is -0.370 e. The summed E-state index contributed by atoms with van der Waals surface area (Å²) in [4.78, 5) is 9.46. The van der Waals surface area contributed by atoms with Gasteiger partial charge in [-0.15, -0.1) is 0 Å². The van der Waals surface area contributed by atoms with Crippen molar-refractivity contribution in [1.82, 2.24) is 9.97 Å². The Morgan fingerprint density at radius 3 is 2.06 bits per heavy atom. The van der Waals surface area contributed by atoms with Crippen LogP contribution >= 0.6 is 0 Å². The van der Waals surface area contributed by atoms with Crippen LogP contribution in [0.5, 0.6) is 0 Å². The second-order valence-electron chi connectivity index (χ2n) is 6.81. The van der Waals surface area contributed by atoms with E-state index in [-0.39, 0.29) is 10.8 Å². The lowest BCUT2D eigenvalue weighted by molar-refractivity contribution is 0.132. The molecule has 0 aliphatic carbocycles. The molecule has 1 aromatic heterocycles. The number of rotatable bonds is 0. The number of aromatic nitrogens is 2. The first-order valence-corrected chi connectivity index (χ1v) is 6.18. The molecule has 17 heavy (non-hydrogen) atoms. The largest absolute Gasteiger partial charge is 0.370 e. The molecular formula is C14H22N2O. The SMILES string of the molecule is CC(C)(C)c1nc2c(c(C(C)(C)C)n1)COC2.